The molecule has 0 saturated carbocycles. The Balaban J connectivity index is 2.31. The standard InChI is InChI=1S/C17H19BrN2O/c1-17(2,3)13-7-5-4-6-12(13)16(21)20-11-8-9-15(19)14(18)10-11/h4-10H,19H2,1-3H3,(H,20,21). The molecule has 2 rings (SSSR count). The number of nitrogens with one attached hydrogen (secondary N) is 1. The number of rotatable bonds is 2. The fraction of sp³-hybridized carbons (Fsp3) is 0.235. The minimum atomic E-state index is -0.114. The van der Waals surface area contributed by atoms with Crippen molar-refractivity contribution in [3.8, 4) is 0 Å². The van der Waals surface area contributed by atoms with E-state index in [1.54, 1.807) is 18.2 Å². The van der Waals surface area contributed by atoms with Crippen LogP contribution in [0, 0.1) is 0 Å². The predicted octanol–water partition coefficient (Wildman–Crippen LogP) is 4.58. The summed E-state index contributed by atoms with van der Waals surface area (Å²) in [4.78, 5) is 12.5. The van der Waals surface area contributed by atoms with Crippen LogP contribution in [0.3, 0.4) is 0 Å². The lowest BCUT2D eigenvalue weighted by molar-refractivity contribution is 0.102. The molecular formula is C17H19BrN2O. The molecule has 0 heterocycles. The fourth-order valence-corrected chi connectivity index (χ4v) is 2.52. The highest BCUT2D eigenvalue weighted by atomic mass is 79.9. The molecule has 4 heteroatoms. The number of benzene rings is 2. The molecule has 1 amide bonds. The Hall–Kier alpha value is -1.81. The van der Waals surface area contributed by atoms with Crippen molar-refractivity contribution in [1.29, 1.82) is 0 Å². The normalized spacial score (nSPS) is 11.2. The lowest BCUT2D eigenvalue weighted by atomic mass is 9.83. The van der Waals surface area contributed by atoms with Gasteiger partial charge in [-0.2, -0.15) is 0 Å². The van der Waals surface area contributed by atoms with Crippen molar-refractivity contribution in [2.24, 2.45) is 0 Å². The van der Waals surface area contributed by atoms with Gasteiger partial charge in [0.15, 0.2) is 0 Å². The van der Waals surface area contributed by atoms with Crippen molar-refractivity contribution < 1.29 is 4.79 Å². The van der Waals surface area contributed by atoms with Crippen molar-refractivity contribution in [1.82, 2.24) is 0 Å². The van der Waals surface area contributed by atoms with Crippen LogP contribution < -0.4 is 11.1 Å². The molecule has 0 aliphatic rings. The number of amides is 1. The monoisotopic (exact) mass is 346 g/mol. The van der Waals surface area contributed by atoms with Crippen molar-refractivity contribution in [3.63, 3.8) is 0 Å². The number of hydrogen-bond donors (Lipinski definition) is 2. The van der Waals surface area contributed by atoms with Crippen LogP contribution in [0.5, 0.6) is 0 Å². The zero-order valence-electron chi connectivity index (χ0n) is 12.4. The molecule has 2 aromatic rings. The average Bonchev–Trinajstić information content (AvgIpc) is 2.42. The molecule has 0 unspecified atom stereocenters. The summed E-state index contributed by atoms with van der Waals surface area (Å²) < 4.78 is 0.768. The summed E-state index contributed by atoms with van der Waals surface area (Å²) in [5.74, 6) is -0.114. The Morgan fingerprint density at radius 3 is 2.43 bits per heavy atom. The zero-order valence-corrected chi connectivity index (χ0v) is 14.0. The topological polar surface area (TPSA) is 55.1 Å². The minimum Gasteiger partial charge on any atom is -0.398 e. The summed E-state index contributed by atoms with van der Waals surface area (Å²) in [5, 5.41) is 2.91. The Morgan fingerprint density at radius 1 is 1.14 bits per heavy atom. The van der Waals surface area contributed by atoms with Crippen molar-refractivity contribution in [3.05, 3.63) is 58.1 Å². The Morgan fingerprint density at radius 2 is 1.81 bits per heavy atom. The molecule has 0 aliphatic heterocycles. The lowest BCUT2D eigenvalue weighted by Gasteiger charge is -2.22. The molecule has 0 radical (unpaired) electrons. The number of hydrogen-bond acceptors (Lipinski definition) is 2. The first kappa shape index (κ1) is 15.6. The van der Waals surface area contributed by atoms with E-state index < -0.39 is 0 Å². The van der Waals surface area contributed by atoms with Gasteiger partial charge in [0.05, 0.1) is 0 Å². The van der Waals surface area contributed by atoms with Gasteiger partial charge in [0.1, 0.15) is 0 Å². The smallest absolute Gasteiger partial charge is 0.255 e. The molecule has 0 fully saturated rings. The highest BCUT2D eigenvalue weighted by molar-refractivity contribution is 9.10. The summed E-state index contributed by atoms with van der Waals surface area (Å²) in [7, 11) is 0. The van der Waals surface area contributed by atoms with E-state index in [0.717, 1.165) is 10.0 Å². The van der Waals surface area contributed by atoms with E-state index in [4.69, 9.17) is 5.73 Å². The Kier molecular flexibility index (Phi) is 4.37. The second-order valence-electron chi connectivity index (χ2n) is 5.99. The molecule has 0 aliphatic carbocycles. The van der Waals surface area contributed by atoms with Crippen LogP contribution >= 0.6 is 15.9 Å². The van der Waals surface area contributed by atoms with E-state index >= 15 is 0 Å². The number of halogens is 1. The molecule has 0 atom stereocenters. The van der Waals surface area contributed by atoms with E-state index in [9.17, 15) is 4.79 Å². The fourth-order valence-electron chi connectivity index (χ4n) is 2.14. The van der Waals surface area contributed by atoms with Gasteiger partial charge < -0.3 is 11.1 Å². The SMILES string of the molecule is CC(C)(C)c1ccccc1C(=O)Nc1ccc(N)c(Br)c1. The number of nitrogen functional groups attached to an aromatic ring is 1. The van der Waals surface area contributed by atoms with Gasteiger partial charge in [0.2, 0.25) is 0 Å². The average molecular weight is 347 g/mol. The maximum atomic E-state index is 12.5. The molecule has 0 spiro atoms. The van der Waals surface area contributed by atoms with E-state index in [2.05, 4.69) is 42.0 Å². The molecule has 110 valence electrons. The zero-order chi connectivity index (χ0) is 15.6. The van der Waals surface area contributed by atoms with Gasteiger partial charge in [-0.25, -0.2) is 0 Å². The van der Waals surface area contributed by atoms with E-state index in [1.807, 2.05) is 24.3 Å². The van der Waals surface area contributed by atoms with Crippen molar-refractivity contribution in [2.75, 3.05) is 11.1 Å². The maximum absolute atomic E-state index is 12.5. The molecule has 0 aromatic heterocycles. The summed E-state index contributed by atoms with van der Waals surface area (Å²) in [6.07, 6.45) is 0. The van der Waals surface area contributed by atoms with E-state index in [-0.39, 0.29) is 11.3 Å². The van der Waals surface area contributed by atoms with Gasteiger partial charge >= 0.3 is 0 Å². The van der Waals surface area contributed by atoms with Gasteiger partial charge in [-0.05, 0) is 51.2 Å². The van der Waals surface area contributed by atoms with Gasteiger partial charge in [0, 0.05) is 21.4 Å². The van der Waals surface area contributed by atoms with Gasteiger partial charge in [0.25, 0.3) is 5.91 Å². The van der Waals surface area contributed by atoms with Crippen molar-refractivity contribution >= 4 is 33.2 Å². The number of carbonyl (C=O) groups excluding carboxylic acids is 1. The third-order valence-electron chi connectivity index (χ3n) is 3.24. The van der Waals surface area contributed by atoms with Crippen LogP contribution in [-0.2, 0) is 5.41 Å². The first-order chi connectivity index (χ1) is 9.79. The van der Waals surface area contributed by atoms with E-state index in [1.165, 1.54) is 0 Å². The molecule has 2 aromatic carbocycles. The lowest BCUT2D eigenvalue weighted by Crippen LogP contribution is -2.20. The summed E-state index contributed by atoms with van der Waals surface area (Å²) >= 11 is 3.36. The largest absolute Gasteiger partial charge is 0.398 e. The highest BCUT2D eigenvalue weighted by Crippen LogP contribution is 2.27. The number of carbonyl (C=O) groups is 1. The Bertz CT molecular complexity index is 675. The van der Waals surface area contributed by atoms with Crippen LogP contribution in [0.1, 0.15) is 36.7 Å². The van der Waals surface area contributed by atoms with Crippen molar-refractivity contribution in [2.45, 2.75) is 26.2 Å². The molecule has 0 saturated heterocycles. The van der Waals surface area contributed by atoms with E-state index in [0.29, 0.717) is 16.9 Å². The van der Waals surface area contributed by atoms with Gasteiger partial charge in [-0.3, -0.25) is 4.79 Å². The molecule has 3 nitrogen and oxygen atoms in total. The van der Waals surface area contributed by atoms with Crippen LogP contribution in [0.4, 0.5) is 11.4 Å². The predicted molar refractivity (Wildman–Crippen MR) is 91.6 cm³/mol. The minimum absolute atomic E-state index is 0.0877. The summed E-state index contributed by atoms with van der Waals surface area (Å²) in [5.41, 5.74) is 8.74. The molecule has 0 bridgehead atoms. The first-order valence-electron chi connectivity index (χ1n) is 6.75. The van der Waals surface area contributed by atoms with Gasteiger partial charge in [-0.15, -0.1) is 0 Å². The number of nitrogens with two attached hydrogens (primary N) is 1. The molecule has 3 N–H and O–H groups in total. The molecular weight excluding hydrogens is 328 g/mol. The van der Waals surface area contributed by atoms with Crippen LogP contribution in [0.25, 0.3) is 0 Å². The summed E-state index contributed by atoms with van der Waals surface area (Å²) in [6, 6.07) is 13.0. The molecule has 21 heavy (non-hydrogen) atoms. The second kappa shape index (κ2) is 5.90. The maximum Gasteiger partial charge on any atom is 0.255 e. The van der Waals surface area contributed by atoms with Crippen LogP contribution in [0.2, 0.25) is 0 Å². The second-order valence-corrected chi connectivity index (χ2v) is 6.84. The van der Waals surface area contributed by atoms with Crippen LogP contribution in [0.15, 0.2) is 46.9 Å². The van der Waals surface area contributed by atoms with Gasteiger partial charge in [-0.1, -0.05) is 39.0 Å². The Labute approximate surface area is 133 Å². The number of anilines is 2. The highest BCUT2D eigenvalue weighted by Gasteiger charge is 2.21. The third kappa shape index (κ3) is 3.64. The summed E-state index contributed by atoms with van der Waals surface area (Å²) in [6.45, 7) is 6.29. The quantitative estimate of drug-likeness (QED) is 0.781. The third-order valence-corrected chi connectivity index (χ3v) is 3.92. The first-order valence-corrected chi connectivity index (χ1v) is 7.54. The van der Waals surface area contributed by atoms with Crippen LogP contribution in [-0.4, -0.2) is 5.91 Å².